The number of aryl methyl sites for hydroxylation is 1. The summed E-state index contributed by atoms with van der Waals surface area (Å²) in [6.45, 7) is 4.68. The molecule has 0 bridgehead atoms. The van der Waals surface area contributed by atoms with E-state index in [2.05, 4.69) is 32.3 Å². The van der Waals surface area contributed by atoms with Crippen molar-refractivity contribution in [1.29, 1.82) is 0 Å². The van der Waals surface area contributed by atoms with Crippen LogP contribution >= 0.6 is 0 Å². The number of guanidine groups is 1. The standard InChI is InChI=1S/C20H34N6/c1-2-21-20(22-14-19-25-24-18-9-5-6-12-26(18)19)23-17-11-10-15-7-3-4-8-16(15)13-17/h15-17H,2-14H2,1H3,(H2,21,22,23). The quantitative estimate of drug-likeness (QED) is 0.641. The third-order valence-electron chi connectivity index (χ3n) is 6.54. The van der Waals surface area contributed by atoms with Crippen molar-refractivity contribution in [3.63, 3.8) is 0 Å². The van der Waals surface area contributed by atoms with E-state index in [0.717, 1.165) is 49.0 Å². The third kappa shape index (κ3) is 4.04. The minimum absolute atomic E-state index is 0.569. The van der Waals surface area contributed by atoms with Crippen LogP contribution in [-0.4, -0.2) is 33.3 Å². The van der Waals surface area contributed by atoms with Gasteiger partial charge < -0.3 is 15.2 Å². The molecule has 3 aliphatic rings. The fourth-order valence-electron chi connectivity index (χ4n) is 5.15. The van der Waals surface area contributed by atoms with Gasteiger partial charge in [-0.3, -0.25) is 0 Å². The minimum Gasteiger partial charge on any atom is -0.357 e. The minimum atomic E-state index is 0.569. The lowest BCUT2D eigenvalue weighted by atomic mass is 9.69. The molecule has 2 heterocycles. The zero-order valence-electron chi connectivity index (χ0n) is 16.2. The van der Waals surface area contributed by atoms with E-state index in [4.69, 9.17) is 4.99 Å². The van der Waals surface area contributed by atoms with E-state index >= 15 is 0 Å². The monoisotopic (exact) mass is 358 g/mol. The van der Waals surface area contributed by atoms with Crippen LogP contribution in [0.5, 0.6) is 0 Å². The molecule has 0 saturated heterocycles. The molecule has 0 spiro atoms. The molecular weight excluding hydrogens is 324 g/mol. The number of hydrogen-bond acceptors (Lipinski definition) is 3. The molecule has 0 aromatic carbocycles. The first-order valence-corrected chi connectivity index (χ1v) is 10.8. The van der Waals surface area contributed by atoms with E-state index in [1.165, 1.54) is 57.8 Å². The highest BCUT2D eigenvalue weighted by Gasteiger charge is 2.32. The Hall–Kier alpha value is -1.59. The van der Waals surface area contributed by atoms with Gasteiger partial charge >= 0.3 is 0 Å². The van der Waals surface area contributed by atoms with Crippen molar-refractivity contribution in [1.82, 2.24) is 25.4 Å². The molecule has 0 radical (unpaired) electrons. The van der Waals surface area contributed by atoms with Gasteiger partial charge in [-0.1, -0.05) is 25.7 Å². The highest BCUT2D eigenvalue weighted by Crippen LogP contribution is 2.40. The van der Waals surface area contributed by atoms with Gasteiger partial charge in [0.1, 0.15) is 12.4 Å². The normalized spacial score (nSPS) is 29.0. The molecule has 6 nitrogen and oxygen atoms in total. The second-order valence-electron chi connectivity index (χ2n) is 8.30. The molecule has 1 aliphatic heterocycles. The number of hydrogen-bond donors (Lipinski definition) is 2. The molecule has 0 amide bonds. The lowest BCUT2D eigenvalue weighted by molar-refractivity contribution is 0.150. The largest absolute Gasteiger partial charge is 0.357 e. The number of nitrogens with zero attached hydrogens (tertiary/aromatic N) is 4. The van der Waals surface area contributed by atoms with Crippen molar-refractivity contribution < 1.29 is 0 Å². The highest BCUT2D eigenvalue weighted by molar-refractivity contribution is 5.80. The molecule has 2 aliphatic carbocycles. The molecule has 1 aromatic heterocycles. The number of aromatic nitrogens is 3. The van der Waals surface area contributed by atoms with E-state index < -0.39 is 0 Å². The van der Waals surface area contributed by atoms with Gasteiger partial charge in [0.15, 0.2) is 11.8 Å². The highest BCUT2D eigenvalue weighted by atomic mass is 15.3. The topological polar surface area (TPSA) is 67.1 Å². The van der Waals surface area contributed by atoms with Crippen molar-refractivity contribution in [2.24, 2.45) is 16.8 Å². The van der Waals surface area contributed by atoms with Crippen molar-refractivity contribution in [3.8, 4) is 0 Å². The molecule has 1 aromatic rings. The molecule has 2 fully saturated rings. The third-order valence-corrected chi connectivity index (χ3v) is 6.54. The smallest absolute Gasteiger partial charge is 0.191 e. The number of aliphatic imine (C=N–C) groups is 1. The predicted octanol–water partition coefficient (Wildman–Crippen LogP) is 3.03. The Kier molecular flexibility index (Phi) is 5.75. The Morgan fingerprint density at radius 3 is 2.85 bits per heavy atom. The first-order valence-electron chi connectivity index (χ1n) is 10.8. The summed E-state index contributed by atoms with van der Waals surface area (Å²) >= 11 is 0. The Morgan fingerprint density at radius 2 is 1.96 bits per heavy atom. The van der Waals surface area contributed by atoms with Gasteiger partial charge in [-0.15, -0.1) is 10.2 Å². The van der Waals surface area contributed by atoms with Gasteiger partial charge in [-0.05, 0) is 50.9 Å². The zero-order valence-corrected chi connectivity index (χ0v) is 16.2. The fraction of sp³-hybridized carbons (Fsp3) is 0.850. The van der Waals surface area contributed by atoms with Crippen molar-refractivity contribution >= 4 is 5.96 Å². The number of fused-ring (bicyclic) bond motifs is 2. The molecule has 4 rings (SSSR count). The van der Waals surface area contributed by atoms with Crippen molar-refractivity contribution in [2.45, 2.75) is 90.3 Å². The predicted molar refractivity (Wildman–Crippen MR) is 104 cm³/mol. The van der Waals surface area contributed by atoms with E-state index in [1.807, 2.05) is 0 Å². The maximum atomic E-state index is 4.83. The van der Waals surface area contributed by atoms with Crippen molar-refractivity contribution in [2.75, 3.05) is 6.54 Å². The van der Waals surface area contributed by atoms with Gasteiger partial charge in [0.25, 0.3) is 0 Å². The molecule has 144 valence electrons. The summed E-state index contributed by atoms with van der Waals surface area (Å²) in [4.78, 5) is 4.83. The molecular formula is C20H34N6. The van der Waals surface area contributed by atoms with Gasteiger partial charge in [0.2, 0.25) is 0 Å². The first kappa shape index (κ1) is 17.8. The summed E-state index contributed by atoms with van der Waals surface area (Å²) in [6, 6.07) is 0.569. The summed E-state index contributed by atoms with van der Waals surface area (Å²) in [5.41, 5.74) is 0. The van der Waals surface area contributed by atoms with E-state index in [1.54, 1.807) is 0 Å². The van der Waals surface area contributed by atoms with E-state index in [9.17, 15) is 0 Å². The van der Waals surface area contributed by atoms with Crippen LogP contribution in [0.15, 0.2) is 4.99 Å². The van der Waals surface area contributed by atoms with Crippen LogP contribution in [0.2, 0.25) is 0 Å². The Labute approximate surface area is 157 Å². The first-order chi connectivity index (χ1) is 12.8. The van der Waals surface area contributed by atoms with Gasteiger partial charge in [0.05, 0.1) is 0 Å². The summed E-state index contributed by atoms with van der Waals surface area (Å²) in [5, 5.41) is 15.9. The Balaban J connectivity index is 1.37. The average Bonchev–Trinajstić information content (AvgIpc) is 3.09. The van der Waals surface area contributed by atoms with Crippen LogP contribution < -0.4 is 10.6 Å². The Morgan fingerprint density at radius 1 is 1.08 bits per heavy atom. The van der Waals surface area contributed by atoms with Crippen LogP contribution in [0.1, 0.15) is 76.4 Å². The molecule has 2 saturated carbocycles. The van der Waals surface area contributed by atoms with Gasteiger partial charge in [-0.2, -0.15) is 0 Å². The van der Waals surface area contributed by atoms with Crippen molar-refractivity contribution in [3.05, 3.63) is 11.6 Å². The van der Waals surface area contributed by atoms with E-state index in [-0.39, 0.29) is 0 Å². The number of rotatable bonds is 4. The maximum absolute atomic E-state index is 4.83. The Bertz CT molecular complexity index is 622. The fourth-order valence-corrected chi connectivity index (χ4v) is 5.15. The van der Waals surface area contributed by atoms with Crippen LogP contribution in [0.4, 0.5) is 0 Å². The average molecular weight is 359 g/mol. The number of nitrogens with one attached hydrogen (secondary N) is 2. The van der Waals surface area contributed by atoms with Gasteiger partial charge in [0, 0.05) is 25.6 Å². The lowest BCUT2D eigenvalue weighted by Crippen LogP contribution is -2.47. The molecule has 3 atom stereocenters. The molecule has 26 heavy (non-hydrogen) atoms. The SMILES string of the molecule is CCNC(=NCc1nnc2n1CCCC2)NC1CCC2CCCCC2C1. The van der Waals surface area contributed by atoms with Crippen LogP contribution in [-0.2, 0) is 19.5 Å². The summed E-state index contributed by atoms with van der Waals surface area (Å²) in [5.74, 6) is 5.01. The van der Waals surface area contributed by atoms with Gasteiger partial charge in [-0.25, -0.2) is 4.99 Å². The second-order valence-corrected chi connectivity index (χ2v) is 8.30. The van der Waals surface area contributed by atoms with Crippen LogP contribution in [0.3, 0.4) is 0 Å². The summed E-state index contributed by atoms with van der Waals surface area (Å²) < 4.78 is 2.27. The molecule has 2 N–H and O–H groups in total. The molecule has 3 unspecified atom stereocenters. The summed E-state index contributed by atoms with van der Waals surface area (Å²) in [6.07, 6.45) is 13.3. The molecule has 6 heteroatoms. The maximum Gasteiger partial charge on any atom is 0.191 e. The van der Waals surface area contributed by atoms with Crippen LogP contribution in [0, 0.1) is 11.8 Å². The van der Waals surface area contributed by atoms with E-state index in [0.29, 0.717) is 12.6 Å². The summed E-state index contributed by atoms with van der Waals surface area (Å²) in [7, 11) is 0. The lowest BCUT2D eigenvalue weighted by Gasteiger charge is -2.39. The van der Waals surface area contributed by atoms with Crippen LogP contribution in [0.25, 0.3) is 0 Å². The second kappa shape index (κ2) is 8.40. The zero-order chi connectivity index (χ0) is 17.8.